The summed E-state index contributed by atoms with van der Waals surface area (Å²) in [5.41, 5.74) is 2.16. The van der Waals surface area contributed by atoms with Crippen molar-refractivity contribution in [2.45, 2.75) is 62.0 Å². The van der Waals surface area contributed by atoms with E-state index in [4.69, 9.17) is 4.98 Å². The molecule has 6 nitrogen and oxygen atoms in total. The fourth-order valence-electron chi connectivity index (χ4n) is 5.14. The summed E-state index contributed by atoms with van der Waals surface area (Å²) in [5.74, 6) is -0.400. The van der Waals surface area contributed by atoms with Crippen LogP contribution >= 0.6 is 11.8 Å². The molecule has 8 heteroatoms. The predicted octanol–water partition coefficient (Wildman–Crippen LogP) is 5.96. The Hall–Kier alpha value is -3.49. The molecule has 1 fully saturated rings. The Kier molecular flexibility index (Phi) is 9.29. The lowest BCUT2D eigenvalue weighted by Gasteiger charge is -2.33. The van der Waals surface area contributed by atoms with Crippen molar-refractivity contribution in [2.75, 3.05) is 13.1 Å². The topological polar surface area (TPSA) is 67.2 Å². The molecule has 1 saturated heterocycles. The number of halogens is 1. The van der Waals surface area contributed by atoms with Crippen LogP contribution in [-0.4, -0.2) is 44.7 Å². The van der Waals surface area contributed by atoms with Crippen molar-refractivity contribution >= 4 is 28.6 Å². The summed E-state index contributed by atoms with van der Waals surface area (Å²) in [6.07, 6.45) is 4.32. The van der Waals surface area contributed by atoms with Gasteiger partial charge < -0.3 is 5.32 Å². The van der Waals surface area contributed by atoms with Crippen molar-refractivity contribution in [3.8, 4) is 5.69 Å². The van der Waals surface area contributed by atoms with E-state index in [1.165, 1.54) is 34.0 Å². The van der Waals surface area contributed by atoms with Crippen LogP contribution in [0.1, 0.15) is 44.6 Å². The Morgan fingerprint density at radius 1 is 1.02 bits per heavy atom. The van der Waals surface area contributed by atoms with Gasteiger partial charge in [-0.2, -0.15) is 0 Å². The van der Waals surface area contributed by atoms with Gasteiger partial charge in [0.2, 0.25) is 5.91 Å². The SMILES string of the molecule is CCCCC(Sc1nc2ccccc2c(=O)n1-c1ccc(F)cc1)C(=O)NC1CCN(Cc2ccccc2)CC1. The number of aromatic nitrogens is 2. The zero-order valence-corrected chi connectivity index (χ0v) is 23.6. The number of benzene rings is 3. The summed E-state index contributed by atoms with van der Waals surface area (Å²) in [6.45, 7) is 4.89. The highest BCUT2D eigenvalue weighted by Gasteiger charge is 2.27. The molecule has 0 aliphatic carbocycles. The minimum Gasteiger partial charge on any atom is -0.352 e. The number of fused-ring (bicyclic) bond motifs is 1. The standard InChI is InChI=1S/C32H35FN4O2S/c1-2-3-13-29(30(38)34-25-18-20-36(21-19-25)22-23-9-5-4-6-10-23)40-32-35-28-12-8-7-11-27(28)31(39)37(32)26-16-14-24(33)15-17-26/h4-12,14-17,25,29H,2-3,13,18-22H2,1H3,(H,34,38). The second kappa shape index (κ2) is 13.2. The summed E-state index contributed by atoms with van der Waals surface area (Å²) in [7, 11) is 0. The van der Waals surface area contributed by atoms with E-state index in [0.29, 0.717) is 28.2 Å². The van der Waals surface area contributed by atoms with Crippen LogP contribution in [0.5, 0.6) is 0 Å². The number of nitrogens with one attached hydrogen (secondary N) is 1. The maximum atomic E-state index is 13.7. The van der Waals surface area contributed by atoms with Gasteiger partial charge in [0.15, 0.2) is 5.16 Å². The Morgan fingerprint density at radius 2 is 1.73 bits per heavy atom. The normalized spacial score (nSPS) is 15.2. The first-order valence-electron chi connectivity index (χ1n) is 14.0. The van der Waals surface area contributed by atoms with Gasteiger partial charge >= 0.3 is 0 Å². The number of carbonyl (C=O) groups is 1. The molecule has 1 amide bonds. The summed E-state index contributed by atoms with van der Waals surface area (Å²) in [5, 5.41) is 3.81. The average molecular weight is 559 g/mol. The summed E-state index contributed by atoms with van der Waals surface area (Å²) in [6, 6.07) is 23.6. The van der Waals surface area contributed by atoms with E-state index >= 15 is 0 Å². The van der Waals surface area contributed by atoms with Gasteiger partial charge in [-0.15, -0.1) is 0 Å². The largest absolute Gasteiger partial charge is 0.352 e. The molecule has 0 spiro atoms. The molecule has 2 heterocycles. The number of thioether (sulfide) groups is 1. The number of piperidine rings is 1. The van der Waals surface area contributed by atoms with Gasteiger partial charge in [-0.3, -0.25) is 19.1 Å². The maximum absolute atomic E-state index is 13.7. The van der Waals surface area contributed by atoms with E-state index in [2.05, 4.69) is 41.4 Å². The van der Waals surface area contributed by atoms with Gasteiger partial charge in [-0.1, -0.05) is 74.0 Å². The Balaban J connectivity index is 1.34. The molecule has 1 atom stereocenters. The lowest BCUT2D eigenvalue weighted by Crippen LogP contribution is -2.46. The number of hydrogen-bond acceptors (Lipinski definition) is 5. The second-order valence-electron chi connectivity index (χ2n) is 10.3. The van der Waals surface area contributed by atoms with Crippen LogP contribution in [0.15, 0.2) is 88.8 Å². The molecule has 1 aromatic heterocycles. The highest BCUT2D eigenvalue weighted by molar-refractivity contribution is 8.00. The molecule has 1 N–H and O–H groups in total. The number of rotatable bonds is 10. The lowest BCUT2D eigenvalue weighted by atomic mass is 10.0. The third-order valence-corrected chi connectivity index (χ3v) is 8.59. The summed E-state index contributed by atoms with van der Waals surface area (Å²) in [4.78, 5) is 34.5. The van der Waals surface area contributed by atoms with Gasteiger partial charge in [0.05, 0.1) is 21.8 Å². The van der Waals surface area contributed by atoms with Crippen molar-refractivity contribution in [1.29, 1.82) is 0 Å². The van der Waals surface area contributed by atoms with E-state index in [-0.39, 0.29) is 23.3 Å². The van der Waals surface area contributed by atoms with E-state index in [9.17, 15) is 14.0 Å². The van der Waals surface area contributed by atoms with Crippen LogP contribution in [0.2, 0.25) is 0 Å². The number of amides is 1. The second-order valence-corrected chi connectivity index (χ2v) is 11.5. The zero-order valence-electron chi connectivity index (χ0n) is 22.8. The first kappa shape index (κ1) is 28.1. The van der Waals surface area contributed by atoms with Crippen LogP contribution in [-0.2, 0) is 11.3 Å². The van der Waals surface area contributed by atoms with E-state index < -0.39 is 5.25 Å². The molecular formula is C32H35FN4O2S. The number of unbranched alkanes of at least 4 members (excludes halogenated alkanes) is 1. The minimum absolute atomic E-state index is 0.0203. The molecule has 1 unspecified atom stereocenters. The fourth-order valence-corrected chi connectivity index (χ4v) is 6.30. The van der Waals surface area contributed by atoms with Gasteiger partial charge in [-0.25, -0.2) is 9.37 Å². The first-order valence-corrected chi connectivity index (χ1v) is 14.9. The first-order chi connectivity index (χ1) is 19.5. The van der Waals surface area contributed by atoms with Crippen molar-refractivity contribution < 1.29 is 9.18 Å². The molecule has 0 bridgehead atoms. The van der Waals surface area contributed by atoms with Crippen LogP contribution in [0.3, 0.4) is 0 Å². The van der Waals surface area contributed by atoms with Crippen LogP contribution in [0.25, 0.3) is 16.6 Å². The van der Waals surface area contributed by atoms with Gasteiger partial charge in [0, 0.05) is 25.7 Å². The number of carbonyl (C=O) groups excluding carboxylic acids is 1. The lowest BCUT2D eigenvalue weighted by molar-refractivity contribution is -0.121. The fraction of sp³-hybridized carbons (Fsp3) is 0.344. The molecular weight excluding hydrogens is 523 g/mol. The number of likely N-dealkylation sites (tertiary alicyclic amines) is 1. The molecule has 3 aromatic carbocycles. The Bertz CT molecular complexity index is 1480. The molecule has 40 heavy (non-hydrogen) atoms. The minimum atomic E-state index is -0.401. The Morgan fingerprint density at radius 3 is 2.45 bits per heavy atom. The monoisotopic (exact) mass is 558 g/mol. The van der Waals surface area contributed by atoms with Gasteiger partial charge in [0.1, 0.15) is 5.82 Å². The van der Waals surface area contributed by atoms with Crippen LogP contribution in [0, 0.1) is 5.82 Å². The average Bonchev–Trinajstić information content (AvgIpc) is 2.97. The van der Waals surface area contributed by atoms with Gasteiger partial charge in [-0.05, 0) is 61.2 Å². The molecule has 5 rings (SSSR count). The van der Waals surface area contributed by atoms with E-state index in [1.54, 1.807) is 30.3 Å². The van der Waals surface area contributed by atoms with E-state index in [0.717, 1.165) is 45.3 Å². The molecule has 4 aromatic rings. The summed E-state index contributed by atoms with van der Waals surface area (Å²) >= 11 is 1.32. The van der Waals surface area contributed by atoms with Crippen molar-refractivity contribution in [1.82, 2.24) is 19.8 Å². The highest BCUT2D eigenvalue weighted by atomic mass is 32.2. The van der Waals surface area contributed by atoms with Gasteiger partial charge in [0.25, 0.3) is 5.56 Å². The Labute approximate surface area is 238 Å². The predicted molar refractivity (Wildman–Crippen MR) is 159 cm³/mol. The van der Waals surface area contributed by atoms with Crippen molar-refractivity contribution in [2.24, 2.45) is 0 Å². The molecule has 0 radical (unpaired) electrons. The van der Waals surface area contributed by atoms with Crippen molar-refractivity contribution in [3.63, 3.8) is 0 Å². The van der Waals surface area contributed by atoms with Crippen LogP contribution in [0.4, 0.5) is 4.39 Å². The summed E-state index contributed by atoms with van der Waals surface area (Å²) < 4.78 is 15.2. The van der Waals surface area contributed by atoms with Crippen molar-refractivity contribution in [3.05, 3.63) is 101 Å². The smallest absolute Gasteiger partial charge is 0.266 e. The number of para-hydroxylation sites is 1. The third kappa shape index (κ3) is 6.80. The maximum Gasteiger partial charge on any atom is 0.266 e. The third-order valence-electron chi connectivity index (χ3n) is 7.37. The zero-order chi connectivity index (χ0) is 27.9. The molecule has 0 saturated carbocycles. The molecule has 1 aliphatic rings. The van der Waals surface area contributed by atoms with Crippen LogP contribution < -0.4 is 10.9 Å². The molecule has 208 valence electrons. The highest BCUT2D eigenvalue weighted by Crippen LogP contribution is 2.29. The number of nitrogens with zero attached hydrogens (tertiary/aromatic N) is 3. The quantitative estimate of drug-likeness (QED) is 0.192. The molecule has 1 aliphatic heterocycles. The van der Waals surface area contributed by atoms with E-state index in [1.807, 2.05) is 12.1 Å². The number of hydrogen-bond donors (Lipinski definition) is 1.